The Morgan fingerprint density at radius 2 is 1.54 bits per heavy atom. The van der Waals surface area contributed by atoms with Crippen molar-refractivity contribution in [1.29, 1.82) is 0 Å². The molecule has 7 heteroatoms. The highest BCUT2D eigenvalue weighted by Gasteiger charge is 2.76. The van der Waals surface area contributed by atoms with Crippen LogP contribution in [0.5, 0.6) is 0 Å². The van der Waals surface area contributed by atoms with Gasteiger partial charge in [-0.25, -0.2) is 0 Å². The summed E-state index contributed by atoms with van der Waals surface area (Å²) in [5.41, 5.74) is -1.94. The summed E-state index contributed by atoms with van der Waals surface area (Å²) < 4.78 is 6.63. The normalized spacial score (nSPS) is 37.2. The van der Waals surface area contributed by atoms with Crippen molar-refractivity contribution in [2.24, 2.45) is 17.8 Å². The third-order valence-electron chi connectivity index (χ3n) is 9.18. The molecule has 0 aromatic rings. The molecule has 194 valence electrons. The second kappa shape index (κ2) is 9.53. The Morgan fingerprint density at radius 1 is 0.971 bits per heavy atom. The lowest BCUT2D eigenvalue weighted by Gasteiger charge is -2.35. The van der Waals surface area contributed by atoms with E-state index in [-0.39, 0.29) is 29.8 Å². The number of carbonyl (C=O) groups excluding carboxylic acids is 3. The zero-order chi connectivity index (χ0) is 24.8. The lowest BCUT2D eigenvalue weighted by atomic mass is 9.70. The number of carbonyl (C=O) groups is 3. The summed E-state index contributed by atoms with van der Waals surface area (Å²) >= 11 is 0. The quantitative estimate of drug-likeness (QED) is 0.541. The summed E-state index contributed by atoms with van der Waals surface area (Å²) in [6.45, 7) is 6.66. The van der Waals surface area contributed by atoms with Crippen molar-refractivity contribution in [2.75, 3.05) is 6.54 Å². The summed E-state index contributed by atoms with van der Waals surface area (Å²) in [7, 11) is 0. The number of fused-ring (bicyclic) bond motifs is 1. The zero-order valence-electron chi connectivity index (χ0n) is 21.7. The molecule has 0 radical (unpaired) electrons. The van der Waals surface area contributed by atoms with Gasteiger partial charge in [0.1, 0.15) is 11.6 Å². The van der Waals surface area contributed by atoms with E-state index in [1.54, 1.807) is 4.90 Å². The molecule has 3 aliphatic heterocycles. The molecule has 2 saturated heterocycles. The highest BCUT2D eigenvalue weighted by Crippen LogP contribution is 2.59. The molecule has 4 fully saturated rings. The molecule has 5 atom stereocenters. The number of amides is 3. The first-order valence-corrected chi connectivity index (χ1v) is 14.1. The summed E-state index contributed by atoms with van der Waals surface area (Å²) in [4.78, 5) is 43.2. The van der Waals surface area contributed by atoms with Crippen LogP contribution in [0, 0.1) is 17.8 Å². The van der Waals surface area contributed by atoms with E-state index < -0.39 is 29.1 Å². The minimum absolute atomic E-state index is 0.0962. The number of nitrogens with zero attached hydrogens (tertiary/aromatic N) is 1. The van der Waals surface area contributed by atoms with Crippen LogP contribution in [-0.2, 0) is 19.1 Å². The van der Waals surface area contributed by atoms with Crippen molar-refractivity contribution in [3.8, 4) is 0 Å². The Hall–Kier alpha value is -1.89. The van der Waals surface area contributed by atoms with Gasteiger partial charge in [0.15, 0.2) is 0 Å². The van der Waals surface area contributed by atoms with Crippen LogP contribution < -0.4 is 10.6 Å². The molecule has 1 spiro atoms. The van der Waals surface area contributed by atoms with Gasteiger partial charge in [-0.2, -0.15) is 0 Å². The summed E-state index contributed by atoms with van der Waals surface area (Å²) in [5, 5.41) is 6.52. The fourth-order valence-corrected chi connectivity index (χ4v) is 7.33. The molecule has 3 heterocycles. The smallest absolute Gasteiger partial charge is 0.246 e. The number of hydrogen-bond donors (Lipinski definition) is 2. The average Bonchev–Trinajstić information content (AvgIpc) is 3.39. The van der Waals surface area contributed by atoms with Crippen LogP contribution in [0.15, 0.2) is 12.2 Å². The van der Waals surface area contributed by atoms with Crippen molar-refractivity contribution >= 4 is 17.7 Å². The minimum Gasteiger partial charge on any atom is -0.356 e. The number of nitrogens with one attached hydrogen (secondary N) is 2. The van der Waals surface area contributed by atoms with Gasteiger partial charge >= 0.3 is 0 Å². The molecule has 2 N–H and O–H groups in total. The molecule has 0 aromatic carbocycles. The van der Waals surface area contributed by atoms with E-state index in [1.165, 1.54) is 12.8 Å². The fourth-order valence-electron chi connectivity index (χ4n) is 7.33. The molecule has 2 aliphatic carbocycles. The molecule has 2 saturated carbocycles. The SMILES string of the molecule is CC(C)CCN1C(=O)[C@@H]2[C@@H](C(=O)NC3CCCCC3)[C@@]3(C)C=C[C@@]2(O3)[C@H]1C(=O)NC1CCCCC1. The van der Waals surface area contributed by atoms with E-state index in [0.717, 1.165) is 57.8 Å². The Bertz CT molecular complexity index is 875. The Labute approximate surface area is 209 Å². The van der Waals surface area contributed by atoms with E-state index in [2.05, 4.69) is 24.5 Å². The van der Waals surface area contributed by atoms with E-state index in [4.69, 9.17) is 4.74 Å². The van der Waals surface area contributed by atoms with Crippen molar-refractivity contribution in [3.63, 3.8) is 0 Å². The predicted molar refractivity (Wildman–Crippen MR) is 133 cm³/mol. The summed E-state index contributed by atoms with van der Waals surface area (Å²) in [5.74, 6) is -1.20. The maximum Gasteiger partial charge on any atom is 0.246 e. The maximum atomic E-state index is 14.0. The number of likely N-dealkylation sites (tertiary alicyclic amines) is 1. The molecular formula is C28H43N3O4. The number of hydrogen-bond acceptors (Lipinski definition) is 4. The van der Waals surface area contributed by atoms with Gasteiger partial charge in [-0.05, 0) is 44.9 Å². The molecule has 0 aromatic heterocycles. The monoisotopic (exact) mass is 485 g/mol. The Kier molecular flexibility index (Phi) is 6.75. The zero-order valence-corrected chi connectivity index (χ0v) is 21.7. The summed E-state index contributed by atoms with van der Waals surface area (Å²) in [6.07, 6.45) is 15.5. The van der Waals surface area contributed by atoms with Crippen molar-refractivity contribution < 1.29 is 19.1 Å². The molecule has 2 bridgehead atoms. The van der Waals surface area contributed by atoms with Gasteiger partial charge in [0.25, 0.3) is 0 Å². The van der Waals surface area contributed by atoms with Gasteiger partial charge in [-0.15, -0.1) is 0 Å². The lowest BCUT2D eigenvalue weighted by molar-refractivity contribution is -0.145. The van der Waals surface area contributed by atoms with Gasteiger partial charge in [-0.3, -0.25) is 14.4 Å². The topological polar surface area (TPSA) is 87.7 Å². The highest BCUT2D eigenvalue weighted by atomic mass is 16.5. The van der Waals surface area contributed by atoms with Crippen LogP contribution in [0.2, 0.25) is 0 Å². The first-order chi connectivity index (χ1) is 16.7. The van der Waals surface area contributed by atoms with Gasteiger partial charge in [0.2, 0.25) is 17.7 Å². The molecule has 0 unspecified atom stereocenters. The largest absolute Gasteiger partial charge is 0.356 e. The van der Waals surface area contributed by atoms with Crippen molar-refractivity contribution in [1.82, 2.24) is 15.5 Å². The minimum atomic E-state index is -1.07. The third-order valence-corrected chi connectivity index (χ3v) is 9.18. The summed E-state index contributed by atoms with van der Waals surface area (Å²) in [6, 6.07) is -0.415. The van der Waals surface area contributed by atoms with Crippen LogP contribution in [-0.4, -0.2) is 58.5 Å². The Balaban J connectivity index is 1.43. The molecule has 7 nitrogen and oxygen atoms in total. The molecule has 5 aliphatic rings. The third kappa shape index (κ3) is 4.32. The molecular weight excluding hydrogens is 442 g/mol. The van der Waals surface area contributed by atoms with E-state index in [9.17, 15) is 14.4 Å². The van der Waals surface area contributed by atoms with Crippen molar-refractivity contribution in [2.45, 2.75) is 121 Å². The molecule has 35 heavy (non-hydrogen) atoms. The van der Waals surface area contributed by atoms with E-state index in [1.807, 2.05) is 19.1 Å². The number of rotatable bonds is 7. The van der Waals surface area contributed by atoms with Crippen molar-refractivity contribution in [3.05, 3.63) is 12.2 Å². The van der Waals surface area contributed by atoms with Gasteiger partial charge in [-0.1, -0.05) is 64.5 Å². The van der Waals surface area contributed by atoms with Gasteiger partial charge in [0.05, 0.1) is 17.4 Å². The second-order valence-corrected chi connectivity index (χ2v) is 12.2. The highest BCUT2D eigenvalue weighted by molar-refractivity contribution is 6.00. The number of ether oxygens (including phenoxy) is 1. The first-order valence-electron chi connectivity index (χ1n) is 14.1. The maximum absolute atomic E-state index is 14.0. The van der Waals surface area contributed by atoms with Crippen LogP contribution in [0.1, 0.15) is 91.4 Å². The van der Waals surface area contributed by atoms with Crippen LogP contribution in [0.25, 0.3) is 0 Å². The van der Waals surface area contributed by atoms with Gasteiger partial charge in [0, 0.05) is 18.6 Å². The first kappa shape index (κ1) is 24.8. The van der Waals surface area contributed by atoms with Crippen LogP contribution >= 0.6 is 0 Å². The molecule has 3 amide bonds. The fraction of sp³-hybridized carbons (Fsp3) is 0.821. The van der Waals surface area contributed by atoms with Gasteiger partial charge < -0.3 is 20.3 Å². The average molecular weight is 486 g/mol. The predicted octanol–water partition coefficient (Wildman–Crippen LogP) is 3.47. The van der Waals surface area contributed by atoms with E-state index >= 15 is 0 Å². The van der Waals surface area contributed by atoms with Crippen LogP contribution in [0.3, 0.4) is 0 Å². The standard InChI is InChI=1S/C28H43N3O4/c1-18(2)14-17-31-23(25(33)30-20-12-8-5-9-13-20)28-16-15-27(3,35-28)21(22(28)26(31)34)24(32)29-19-10-6-4-7-11-19/h15-16,18-23H,4-14,17H2,1-3H3,(H,29,32)(H,30,33)/t21-,22-,23+,27+,28-/m0/s1. The molecule has 5 rings (SSSR count). The lowest BCUT2D eigenvalue weighted by Crippen LogP contribution is -2.56. The van der Waals surface area contributed by atoms with E-state index in [0.29, 0.717) is 12.5 Å². The Morgan fingerprint density at radius 3 is 2.11 bits per heavy atom. The second-order valence-electron chi connectivity index (χ2n) is 12.2. The van der Waals surface area contributed by atoms with Crippen LogP contribution in [0.4, 0.5) is 0 Å².